The van der Waals surface area contributed by atoms with Crippen LogP contribution >= 0.6 is 12.4 Å². The van der Waals surface area contributed by atoms with Crippen molar-refractivity contribution in [3.63, 3.8) is 0 Å². The number of carbonyl (C=O) groups excluding carboxylic acids is 1. The lowest BCUT2D eigenvalue weighted by atomic mass is 10.0. The van der Waals surface area contributed by atoms with Gasteiger partial charge in [0.2, 0.25) is 0 Å². The molecule has 3 aromatic rings. The van der Waals surface area contributed by atoms with Gasteiger partial charge in [0.05, 0.1) is 0 Å². The fourth-order valence-electron chi connectivity index (χ4n) is 4.25. The van der Waals surface area contributed by atoms with Crippen LogP contribution < -0.4 is 10.1 Å². The van der Waals surface area contributed by atoms with Crippen molar-refractivity contribution < 1.29 is 13.9 Å². The van der Waals surface area contributed by atoms with Crippen molar-refractivity contribution >= 4 is 29.3 Å². The molecule has 146 valence electrons. The van der Waals surface area contributed by atoms with Gasteiger partial charge < -0.3 is 19.4 Å². The molecule has 3 heterocycles. The zero-order valence-corrected chi connectivity index (χ0v) is 16.3. The van der Waals surface area contributed by atoms with Gasteiger partial charge in [-0.25, -0.2) is 0 Å². The first kappa shape index (κ1) is 18.8. The van der Waals surface area contributed by atoms with Crippen molar-refractivity contribution in [1.29, 1.82) is 0 Å². The van der Waals surface area contributed by atoms with Gasteiger partial charge in [0, 0.05) is 37.1 Å². The molecule has 2 atom stereocenters. The minimum atomic E-state index is -0.0211. The molecule has 0 bridgehead atoms. The van der Waals surface area contributed by atoms with Crippen molar-refractivity contribution in [2.75, 3.05) is 26.2 Å². The van der Waals surface area contributed by atoms with E-state index in [1.54, 1.807) is 0 Å². The van der Waals surface area contributed by atoms with E-state index in [9.17, 15) is 4.79 Å². The van der Waals surface area contributed by atoms with Crippen LogP contribution in [0.2, 0.25) is 0 Å². The lowest BCUT2D eigenvalue weighted by Crippen LogP contribution is -2.32. The SMILES string of the molecule is Cl.O=C(c1oc2ccccc2c1COc1ccccc1)N1C[C@H]2CNC[C@H]2C1. The second-order valence-electron chi connectivity index (χ2n) is 7.40. The zero-order valence-electron chi connectivity index (χ0n) is 15.5. The number of hydrogen-bond donors (Lipinski definition) is 1. The summed E-state index contributed by atoms with van der Waals surface area (Å²) >= 11 is 0. The van der Waals surface area contributed by atoms with Crippen LogP contribution in [0.4, 0.5) is 0 Å². The van der Waals surface area contributed by atoms with E-state index in [4.69, 9.17) is 9.15 Å². The fraction of sp³-hybridized carbons (Fsp3) is 0.318. The lowest BCUT2D eigenvalue weighted by Gasteiger charge is -2.17. The second kappa shape index (κ2) is 7.86. The zero-order chi connectivity index (χ0) is 18.2. The Kier molecular flexibility index (Phi) is 5.29. The van der Waals surface area contributed by atoms with Crippen molar-refractivity contribution in [2.24, 2.45) is 11.8 Å². The molecule has 0 aliphatic carbocycles. The van der Waals surface area contributed by atoms with Gasteiger partial charge in [-0.15, -0.1) is 12.4 Å². The average molecular weight is 399 g/mol. The van der Waals surface area contributed by atoms with E-state index in [0.717, 1.165) is 48.5 Å². The predicted octanol–water partition coefficient (Wildman–Crippen LogP) is 3.73. The highest BCUT2D eigenvalue weighted by Gasteiger charge is 2.39. The first-order valence-electron chi connectivity index (χ1n) is 9.48. The normalized spacial score (nSPS) is 20.8. The Labute approximate surface area is 170 Å². The minimum absolute atomic E-state index is 0. The van der Waals surface area contributed by atoms with E-state index in [2.05, 4.69) is 5.32 Å². The highest BCUT2D eigenvalue weighted by molar-refractivity contribution is 5.99. The summed E-state index contributed by atoms with van der Waals surface area (Å²) in [5.74, 6) is 2.29. The average Bonchev–Trinajstić information content (AvgIpc) is 3.39. The number of fused-ring (bicyclic) bond motifs is 2. The number of rotatable bonds is 4. The summed E-state index contributed by atoms with van der Waals surface area (Å²) in [5, 5.41) is 4.36. The maximum Gasteiger partial charge on any atom is 0.290 e. The molecule has 0 spiro atoms. The topological polar surface area (TPSA) is 54.7 Å². The summed E-state index contributed by atoms with van der Waals surface area (Å²) in [5.41, 5.74) is 1.56. The molecule has 1 aromatic heterocycles. The molecule has 0 radical (unpaired) electrons. The Morgan fingerprint density at radius 1 is 1.04 bits per heavy atom. The first-order chi connectivity index (χ1) is 13.3. The molecule has 28 heavy (non-hydrogen) atoms. The number of benzene rings is 2. The summed E-state index contributed by atoms with van der Waals surface area (Å²) in [6.45, 7) is 3.90. The van der Waals surface area contributed by atoms with Gasteiger partial charge in [0.25, 0.3) is 5.91 Å². The number of halogens is 1. The summed E-state index contributed by atoms with van der Waals surface area (Å²) in [4.78, 5) is 15.2. The number of para-hydroxylation sites is 2. The molecular formula is C22H23ClN2O3. The van der Waals surface area contributed by atoms with Crippen LogP contribution in [0.5, 0.6) is 5.75 Å². The van der Waals surface area contributed by atoms with Gasteiger partial charge in [0.1, 0.15) is 17.9 Å². The van der Waals surface area contributed by atoms with E-state index in [-0.39, 0.29) is 18.3 Å². The van der Waals surface area contributed by atoms with E-state index >= 15 is 0 Å². The fourth-order valence-corrected chi connectivity index (χ4v) is 4.25. The Hall–Kier alpha value is -2.50. The molecule has 5 nitrogen and oxygen atoms in total. The number of hydrogen-bond acceptors (Lipinski definition) is 4. The molecule has 2 fully saturated rings. The van der Waals surface area contributed by atoms with Crippen LogP contribution in [0.15, 0.2) is 59.0 Å². The van der Waals surface area contributed by atoms with Crippen LogP contribution in [0, 0.1) is 11.8 Å². The molecule has 2 saturated heterocycles. The molecule has 2 aliphatic rings. The van der Waals surface area contributed by atoms with Gasteiger partial charge in [0.15, 0.2) is 5.76 Å². The molecular weight excluding hydrogens is 376 g/mol. The third kappa shape index (κ3) is 3.36. The molecule has 1 N–H and O–H groups in total. The molecule has 2 aliphatic heterocycles. The lowest BCUT2D eigenvalue weighted by molar-refractivity contribution is 0.0748. The summed E-state index contributed by atoms with van der Waals surface area (Å²) in [7, 11) is 0. The number of nitrogens with zero attached hydrogens (tertiary/aromatic N) is 1. The van der Waals surface area contributed by atoms with Gasteiger partial charge in [-0.05, 0) is 30.0 Å². The van der Waals surface area contributed by atoms with Gasteiger partial charge in [-0.2, -0.15) is 0 Å². The minimum Gasteiger partial charge on any atom is -0.489 e. The van der Waals surface area contributed by atoms with E-state index in [0.29, 0.717) is 24.2 Å². The Morgan fingerprint density at radius 2 is 1.71 bits per heavy atom. The largest absolute Gasteiger partial charge is 0.489 e. The summed E-state index contributed by atoms with van der Waals surface area (Å²) in [6, 6.07) is 17.4. The van der Waals surface area contributed by atoms with E-state index in [1.165, 1.54) is 0 Å². The quantitative estimate of drug-likeness (QED) is 0.727. The van der Waals surface area contributed by atoms with Crippen LogP contribution in [0.1, 0.15) is 16.1 Å². The summed E-state index contributed by atoms with van der Waals surface area (Å²) < 4.78 is 11.9. The van der Waals surface area contributed by atoms with Crippen molar-refractivity contribution in [2.45, 2.75) is 6.61 Å². The van der Waals surface area contributed by atoms with E-state index in [1.807, 2.05) is 59.5 Å². The van der Waals surface area contributed by atoms with E-state index < -0.39 is 0 Å². The maximum absolute atomic E-state index is 13.2. The standard InChI is InChI=1S/C22H22N2O3.ClH/c25-22(24-12-15-10-23-11-16(15)13-24)21-19(14-26-17-6-2-1-3-7-17)18-8-4-5-9-20(18)27-21;/h1-9,15-16,23H,10-14H2;1H/t15-,16+;. The van der Waals surface area contributed by atoms with Gasteiger partial charge in [-0.1, -0.05) is 36.4 Å². The molecule has 2 aromatic carbocycles. The van der Waals surface area contributed by atoms with Crippen LogP contribution in [-0.4, -0.2) is 37.0 Å². The first-order valence-corrected chi connectivity index (χ1v) is 9.48. The number of nitrogens with one attached hydrogen (secondary N) is 1. The van der Waals surface area contributed by atoms with Gasteiger partial charge in [-0.3, -0.25) is 4.79 Å². The monoisotopic (exact) mass is 398 g/mol. The number of amides is 1. The molecule has 0 saturated carbocycles. The Morgan fingerprint density at radius 3 is 2.46 bits per heavy atom. The Bertz CT molecular complexity index is 960. The smallest absolute Gasteiger partial charge is 0.290 e. The van der Waals surface area contributed by atoms with Crippen LogP contribution in [-0.2, 0) is 6.61 Å². The predicted molar refractivity (Wildman–Crippen MR) is 110 cm³/mol. The third-order valence-corrected chi connectivity index (χ3v) is 5.70. The highest BCUT2D eigenvalue weighted by Crippen LogP contribution is 2.32. The van der Waals surface area contributed by atoms with Crippen LogP contribution in [0.3, 0.4) is 0 Å². The van der Waals surface area contributed by atoms with Crippen molar-refractivity contribution in [3.8, 4) is 5.75 Å². The molecule has 1 amide bonds. The summed E-state index contributed by atoms with van der Waals surface area (Å²) in [6.07, 6.45) is 0. The molecule has 6 heteroatoms. The number of furan rings is 1. The van der Waals surface area contributed by atoms with Gasteiger partial charge >= 0.3 is 0 Å². The van der Waals surface area contributed by atoms with Crippen LogP contribution in [0.25, 0.3) is 11.0 Å². The molecule has 0 unspecified atom stereocenters. The second-order valence-corrected chi connectivity index (χ2v) is 7.40. The van der Waals surface area contributed by atoms with Crippen molar-refractivity contribution in [3.05, 3.63) is 65.9 Å². The maximum atomic E-state index is 13.2. The molecule has 5 rings (SSSR count). The van der Waals surface area contributed by atoms with Crippen molar-refractivity contribution in [1.82, 2.24) is 10.2 Å². The Balaban J connectivity index is 0.00000192. The number of ether oxygens (including phenoxy) is 1. The number of likely N-dealkylation sites (tertiary alicyclic amines) is 1. The highest BCUT2D eigenvalue weighted by atomic mass is 35.5. The number of carbonyl (C=O) groups is 1. The third-order valence-electron chi connectivity index (χ3n) is 5.70.